The van der Waals surface area contributed by atoms with Crippen LogP contribution in [0.5, 0.6) is 0 Å². The number of aromatic nitrogens is 3. The number of halogens is 1. The third kappa shape index (κ3) is 3.76. The molecule has 1 aromatic heterocycles. The summed E-state index contributed by atoms with van der Waals surface area (Å²) < 4.78 is 34.9. The van der Waals surface area contributed by atoms with Crippen LogP contribution in [-0.2, 0) is 14.8 Å². The van der Waals surface area contributed by atoms with Gasteiger partial charge in [-0.15, -0.1) is 0 Å². The SMILES string of the molecule is Cc1nc(C2CCOCC2)n(C2CCN(S(=O)(=O)c3cccc(Cl)c3)C2)n1. The van der Waals surface area contributed by atoms with E-state index in [1.54, 1.807) is 18.2 Å². The average molecular weight is 411 g/mol. The van der Waals surface area contributed by atoms with Crippen LogP contribution in [0.2, 0.25) is 5.02 Å². The van der Waals surface area contributed by atoms with E-state index < -0.39 is 10.0 Å². The van der Waals surface area contributed by atoms with E-state index in [0.717, 1.165) is 44.1 Å². The fourth-order valence-corrected chi connectivity index (χ4v) is 5.65. The highest BCUT2D eigenvalue weighted by molar-refractivity contribution is 7.89. The molecule has 0 radical (unpaired) electrons. The second kappa shape index (κ2) is 7.50. The van der Waals surface area contributed by atoms with Crippen molar-refractivity contribution in [3.05, 3.63) is 40.9 Å². The molecule has 27 heavy (non-hydrogen) atoms. The van der Waals surface area contributed by atoms with Gasteiger partial charge in [-0.1, -0.05) is 17.7 Å². The Labute approximate surface area is 164 Å². The Morgan fingerprint density at radius 1 is 1.22 bits per heavy atom. The molecule has 1 unspecified atom stereocenters. The van der Waals surface area contributed by atoms with Crippen molar-refractivity contribution in [2.75, 3.05) is 26.3 Å². The van der Waals surface area contributed by atoms with E-state index >= 15 is 0 Å². The van der Waals surface area contributed by atoms with Crippen molar-refractivity contribution >= 4 is 21.6 Å². The summed E-state index contributed by atoms with van der Waals surface area (Å²) >= 11 is 5.98. The molecular formula is C18H23ClN4O3S. The number of hydrogen-bond donors (Lipinski definition) is 0. The summed E-state index contributed by atoms with van der Waals surface area (Å²) in [5.74, 6) is 2.01. The van der Waals surface area contributed by atoms with E-state index in [-0.39, 0.29) is 10.9 Å². The monoisotopic (exact) mass is 410 g/mol. The number of aryl methyl sites for hydroxylation is 1. The van der Waals surface area contributed by atoms with Crippen molar-refractivity contribution in [3.8, 4) is 0 Å². The van der Waals surface area contributed by atoms with Crippen LogP contribution in [-0.4, -0.2) is 53.8 Å². The smallest absolute Gasteiger partial charge is 0.243 e. The Morgan fingerprint density at radius 2 is 2.00 bits per heavy atom. The van der Waals surface area contributed by atoms with E-state index in [9.17, 15) is 8.42 Å². The summed E-state index contributed by atoms with van der Waals surface area (Å²) in [5, 5.41) is 5.01. The predicted octanol–water partition coefficient (Wildman–Crippen LogP) is 2.77. The van der Waals surface area contributed by atoms with Gasteiger partial charge in [-0.2, -0.15) is 9.40 Å². The maximum Gasteiger partial charge on any atom is 0.243 e. The molecule has 1 aromatic carbocycles. The molecule has 146 valence electrons. The maximum atomic E-state index is 13.0. The highest BCUT2D eigenvalue weighted by Crippen LogP contribution is 2.32. The lowest BCUT2D eigenvalue weighted by Gasteiger charge is -2.23. The van der Waals surface area contributed by atoms with E-state index in [1.807, 2.05) is 11.6 Å². The molecule has 2 saturated heterocycles. The Bertz CT molecular complexity index is 924. The molecule has 2 fully saturated rings. The van der Waals surface area contributed by atoms with Gasteiger partial charge in [0.2, 0.25) is 10.0 Å². The second-order valence-corrected chi connectivity index (χ2v) is 9.49. The van der Waals surface area contributed by atoms with Crippen molar-refractivity contribution in [2.45, 2.75) is 43.0 Å². The van der Waals surface area contributed by atoms with E-state index in [1.165, 1.54) is 10.4 Å². The summed E-state index contributed by atoms with van der Waals surface area (Å²) in [6, 6.07) is 6.41. The molecular weight excluding hydrogens is 388 g/mol. The van der Waals surface area contributed by atoms with Crippen molar-refractivity contribution in [3.63, 3.8) is 0 Å². The van der Waals surface area contributed by atoms with Crippen LogP contribution in [0.25, 0.3) is 0 Å². The highest BCUT2D eigenvalue weighted by atomic mass is 35.5. The standard InChI is InChI=1S/C18H23ClN4O3S/c1-13-20-18(14-6-9-26-10-7-14)23(21-13)16-5-8-22(12-16)27(24,25)17-4-2-3-15(19)11-17/h2-4,11,14,16H,5-10,12H2,1H3. The molecule has 7 nitrogen and oxygen atoms in total. The summed E-state index contributed by atoms with van der Waals surface area (Å²) in [6.45, 7) is 4.21. The number of sulfonamides is 1. The van der Waals surface area contributed by atoms with Gasteiger partial charge in [0, 0.05) is 37.2 Å². The lowest BCUT2D eigenvalue weighted by molar-refractivity contribution is 0.0821. The van der Waals surface area contributed by atoms with Gasteiger partial charge in [-0.25, -0.2) is 18.1 Å². The molecule has 0 amide bonds. The highest BCUT2D eigenvalue weighted by Gasteiger charge is 2.36. The third-order valence-corrected chi connectivity index (χ3v) is 7.35. The van der Waals surface area contributed by atoms with Gasteiger partial charge < -0.3 is 4.74 Å². The summed E-state index contributed by atoms with van der Waals surface area (Å²) in [7, 11) is -3.57. The number of ether oxygens (including phenoxy) is 1. The van der Waals surface area contributed by atoms with Crippen LogP contribution in [0.4, 0.5) is 0 Å². The van der Waals surface area contributed by atoms with E-state index in [4.69, 9.17) is 16.3 Å². The third-order valence-electron chi connectivity index (χ3n) is 5.26. The van der Waals surface area contributed by atoms with Crippen LogP contribution in [0.1, 0.15) is 42.9 Å². The molecule has 2 aromatic rings. The molecule has 0 aliphatic carbocycles. The fourth-order valence-electron chi connectivity index (χ4n) is 3.85. The Hall–Kier alpha value is -1.48. The Morgan fingerprint density at radius 3 is 2.74 bits per heavy atom. The molecule has 9 heteroatoms. The zero-order valence-corrected chi connectivity index (χ0v) is 16.8. The fraction of sp³-hybridized carbons (Fsp3) is 0.556. The molecule has 4 rings (SSSR count). The first-order valence-electron chi connectivity index (χ1n) is 9.21. The van der Waals surface area contributed by atoms with Gasteiger partial charge in [0.05, 0.1) is 10.9 Å². The number of nitrogens with zero attached hydrogens (tertiary/aromatic N) is 4. The lowest BCUT2D eigenvalue weighted by atomic mass is 9.99. The van der Waals surface area contributed by atoms with Crippen LogP contribution < -0.4 is 0 Å². The quantitative estimate of drug-likeness (QED) is 0.774. The maximum absolute atomic E-state index is 13.0. The molecule has 2 aliphatic rings. The van der Waals surface area contributed by atoms with E-state index in [2.05, 4.69) is 10.1 Å². The van der Waals surface area contributed by atoms with Crippen LogP contribution >= 0.6 is 11.6 Å². The number of benzene rings is 1. The van der Waals surface area contributed by atoms with Crippen molar-refractivity contribution < 1.29 is 13.2 Å². The summed E-state index contributed by atoms with van der Waals surface area (Å²) in [6.07, 6.45) is 2.57. The zero-order valence-electron chi connectivity index (χ0n) is 15.2. The number of hydrogen-bond acceptors (Lipinski definition) is 5. The Kier molecular flexibility index (Phi) is 5.24. The van der Waals surface area contributed by atoms with Gasteiger partial charge in [-0.3, -0.25) is 0 Å². The molecule has 0 bridgehead atoms. The lowest BCUT2D eigenvalue weighted by Crippen LogP contribution is -2.30. The first-order chi connectivity index (χ1) is 12.9. The van der Waals surface area contributed by atoms with Gasteiger partial charge in [0.1, 0.15) is 11.6 Å². The van der Waals surface area contributed by atoms with E-state index in [0.29, 0.717) is 24.0 Å². The van der Waals surface area contributed by atoms with Gasteiger partial charge in [-0.05, 0) is 44.4 Å². The Balaban J connectivity index is 1.56. The molecule has 0 spiro atoms. The summed E-state index contributed by atoms with van der Waals surface area (Å²) in [5.41, 5.74) is 0. The topological polar surface area (TPSA) is 77.3 Å². The van der Waals surface area contributed by atoms with Gasteiger partial charge >= 0.3 is 0 Å². The van der Waals surface area contributed by atoms with Crippen molar-refractivity contribution in [2.24, 2.45) is 0 Å². The minimum Gasteiger partial charge on any atom is -0.381 e. The molecule has 1 atom stereocenters. The zero-order chi connectivity index (χ0) is 19.0. The van der Waals surface area contributed by atoms with Gasteiger partial charge in [0.15, 0.2) is 0 Å². The minimum absolute atomic E-state index is 0.00185. The first-order valence-corrected chi connectivity index (χ1v) is 11.0. The van der Waals surface area contributed by atoms with Crippen molar-refractivity contribution in [1.82, 2.24) is 19.1 Å². The molecule has 0 saturated carbocycles. The van der Waals surface area contributed by atoms with Gasteiger partial charge in [0.25, 0.3) is 0 Å². The molecule has 2 aliphatic heterocycles. The summed E-state index contributed by atoms with van der Waals surface area (Å²) in [4.78, 5) is 4.88. The van der Waals surface area contributed by atoms with Crippen LogP contribution in [0, 0.1) is 6.92 Å². The van der Waals surface area contributed by atoms with Crippen LogP contribution in [0.3, 0.4) is 0 Å². The first kappa shape index (κ1) is 18.9. The number of rotatable bonds is 4. The molecule has 0 N–H and O–H groups in total. The van der Waals surface area contributed by atoms with Crippen molar-refractivity contribution in [1.29, 1.82) is 0 Å². The second-order valence-electron chi connectivity index (χ2n) is 7.11. The van der Waals surface area contributed by atoms with Crippen LogP contribution in [0.15, 0.2) is 29.2 Å². The normalized spacial score (nSPS) is 22.4. The largest absolute Gasteiger partial charge is 0.381 e. The molecule has 3 heterocycles. The minimum atomic E-state index is -3.57. The average Bonchev–Trinajstić information content (AvgIpc) is 3.29. The predicted molar refractivity (Wildman–Crippen MR) is 101 cm³/mol.